The summed E-state index contributed by atoms with van der Waals surface area (Å²) in [6.45, 7) is 12.9. The van der Waals surface area contributed by atoms with Gasteiger partial charge in [-0.1, -0.05) is 70.9 Å². The minimum absolute atomic E-state index is 0.0817. The van der Waals surface area contributed by atoms with Crippen LogP contribution in [0, 0.1) is 25.7 Å². The molecule has 0 radical (unpaired) electrons. The second-order valence-corrected chi connectivity index (χ2v) is 20.0. The summed E-state index contributed by atoms with van der Waals surface area (Å²) in [4.78, 5) is 50.8. The van der Waals surface area contributed by atoms with Crippen LogP contribution in [0.25, 0.3) is 39.7 Å². The van der Waals surface area contributed by atoms with E-state index in [2.05, 4.69) is 69.4 Å². The monoisotopic (exact) mass is 1030 g/mol. The predicted molar refractivity (Wildman–Crippen MR) is 279 cm³/mol. The number of ether oxygens (including phenoxy) is 2. The summed E-state index contributed by atoms with van der Waals surface area (Å²) in [6, 6.07) is 29.7. The van der Waals surface area contributed by atoms with E-state index in [-0.39, 0.29) is 35.5 Å². The quantitative estimate of drug-likeness (QED) is 0.0410. The minimum atomic E-state index is -3.35. The van der Waals surface area contributed by atoms with Gasteiger partial charge in [0.05, 0.1) is 6.26 Å². The summed E-state index contributed by atoms with van der Waals surface area (Å²) in [6.07, 6.45) is 5.43. The largest absolute Gasteiger partial charge is 0.490 e. The smallest absolute Gasteiger partial charge is 0.237 e. The SMILES string of the molecule is CCCCC(CC)C(=O)Nc1ccc(-c2nc3cc(C)[nH]n3n2)cc1.CS(=O)(=O)Nc1cccc(-c2nc3cc(OCCOc4ccccc4)nn3[nH]2)c1.Cc1cc2nc(C(C)CN3C(=O)CC(C)C3=O)nn2[nH]1. The van der Waals surface area contributed by atoms with Crippen molar-refractivity contribution in [1.29, 1.82) is 0 Å². The maximum Gasteiger partial charge on any atom is 0.237 e. The Morgan fingerprint density at radius 3 is 2.08 bits per heavy atom. The molecule has 7 heterocycles. The zero-order valence-corrected chi connectivity index (χ0v) is 43.2. The van der Waals surface area contributed by atoms with Crippen LogP contribution in [0.3, 0.4) is 0 Å². The van der Waals surface area contributed by atoms with E-state index in [1.807, 2.05) is 93.6 Å². The molecule has 3 amide bonds. The van der Waals surface area contributed by atoms with Crippen molar-refractivity contribution in [2.45, 2.75) is 79.6 Å². The maximum absolute atomic E-state index is 12.4. The Morgan fingerprint density at radius 1 is 0.770 bits per heavy atom. The predicted octanol–water partition coefficient (Wildman–Crippen LogP) is 7.61. The maximum atomic E-state index is 12.4. The molecule has 1 aliphatic heterocycles. The van der Waals surface area contributed by atoms with Gasteiger partial charge in [0.25, 0.3) is 0 Å². The molecular weight excluding hydrogens is 967 g/mol. The number of hydrogen-bond acceptors (Lipinski definition) is 13. The first kappa shape index (κ1) is 52.0. The molecule has 0 saturated carbocycles. The van der Waals surface area contributed by atoms with Crippen molar-refractivity contribution < 1.29 is 32.3 Å². The Bertz CT molecular complexity index is 3370. The van der Waals surface area contributed by atoms with E-state index < -0.39 is 10.0 Å². The van der Waals surface area contributed by atoms with E-state index in [0.29, 0.717) is 60.9 Å². The molecule has 1 saturated heterocycles. The fraction of sp³-hybridized carbons (Fsp3) is 0.353. The number of hydrogen-bond donors (Lipinski definition) is 5. The molecule has 6 aromatic heterocycles. The van der Waals surface area contributed by atoms with E-state index in [0.717, 1.165) is 77.2 Å². The summed E-state index contributed by atoms with van der Waals surface area (Å²) in [5, 5.41) is 25.3. The lowest BCUT2D eigenvalue weighted by Crippen LogP contribution is -2.33. The lowest BCUT2D eigenvalue weighted by atomic mass is 9.98. The number of likely N-dealkylation sites (tertiary alicyclic amines) is 1. The molecule has 9 aromatic rings. The van der Waals surface area contributed by atoms with Crippen LogP contribution in [-0.2, 0) is 24.4 Å². The van der Waals surface area contributed by atoms with Crippen LogP contribution >= 0.6 is 0 Å². The second kappa shape index (κ2) is 23.0. The van der Waals surface area contributed by atoms with Gasteiger partial charge in [-0.25, -0.2) is 23.4 Å². The highest BCUT2D eigenvalue weighted by Gasteiger charge is 2.36. The number of nitrogens with zero attached hydrogens (tertiary/aromatic N) is 10. The normalized spacial score (nSPS) is 14.4. The Kier molecular flexibility index (Phi) is 16.2. The number of nitrogens with one attached hydrogen (secondary N) is 5. The van der Waals surface area contributed by atoms with Crippen LogP contribution in [-0.4, -0.2) is 116 Å². The van der Waals surface area contributed by atoms with Crippen molar-refractivity contribution in [2.75, 3.05) is 36.1 Å². The summed E-state index contributed by atoms with van der Waals surface area (Å²) in [5.41, 5.74) is 7.05. The number of aromatic amines is 3. The summed E-state index contributed by atoms with van der Waals surface area (Å²) < 4.78 is 41.2. The first-order chi connectivity index (χ1) is 35.5. The van der Waals surface area contributed by atoms with Gasteiger partial charge in [0.2, 0.25) is 33.6 Å². The standard InChI is InChI=1S/C19H19N5O4S.C19H25N5O.C13H17N5O2/c1-29(25,26)23-15-7-5-6-14(12-15)19-20-17-13-18(21-24(17)22-19)28-11-10-27-16-8-3-2-4-9-16;1-4-6-7-14(5-2)19(25)20-16-10-8-15(9-11-16)18-21-17-12-13(3)22-24(17)23-18;1-7-4-11(19)17(13(7)20)6-8(2)12-14-10-5-9(3)15-18(10)16-12/h2-9,12-13,23H,10-11H2,1H3,(H,20,22);8-12,14,22H,4-7H2,1-3H3,(H,20,25);5,7-8,15H,4,6H2,1-3H3. The van der Waals surface area contributed by atoms with E-state index in [1.165, 1.54) is 9.53 Å². The number of rotatable bonds is 18. The molecule has 22 nitrogen and oxygen atoms in total. The number of benzene rings is 3. The van der Waals surface area contributed by atoms with Gasteiger partial charge >= 0.3 is 0 Å². The molecule has 3 atom stereocenters. The van der Waals surface area contributed by atoms with Gasteiger partial charge < -0.3 is 14.8 Å². The highest BCUT2D eigenvalue weighted by Crippen LogP contribution is 2.25. The number of H-pyrrole nitrogens is 3. The number of aryl methyl sites for hydroxylation is 2. The molecule has 1 fully saturated rings. The van der Waals surface area contributed by atoms with E-state index >= 15 is 0 Å². The highest BCUT2D eigenvalue weighted by molar-refractivity contribution is 7.92. The molecule has 388 valence electrons. The minimum Gasteiger partial charge on any atom is -0.490 e. The third-order valence-electron chi connectivity index (χ3n) is 12.0. The highest BCUT2D eigenvalue weighted by atomic mass is 32.2. The van der Waals surface area contributed by atoms with Crippen LogP contribution in [0.15, 0.2) is 97.1 Å². The van der Waals surface area contributed by atoms with Crippen LogP contribution in [0.2, 0.25) is 0 Å². The zero-order chi connectivity index (χ0) is 52.5. The molecule has 3 aromatic carbocycles. The summed E-state index contributed by atoms with van der Waals surface area (Å²) >= 11 is 0. The molecule has 1 aliphatic rings. The van der Waals surface area contributed by atoms with Gasteiger partial charge in [0.1, 0.15) is 19.0 Å². The third kappa shape index (κ3) is 13.2. The molecule has 74 heavy (non-hydrogen) atoms. The van der Waals surface area contributed by atoms with Crippen molar-refractivity contribution in [3.63, 3.8) is 0 Å². The van der Waals surface area contributed by atoms with Crippen LogP contribution in [0.5, 0.6) is 11.6 Å². The number of amides is 3. The number of unbranched alkanes of at least 4 members (excludes halogenated alkanes) is 1. The van der Waals surface area contributed by atoms with Crippen molar-refractivity contribution in [1.82, 2.24) is 64.3 Å². The third-order valence-corrected chi connectivity index (χ3v) is 12.6. The Labute approximate surface area is 427 Å². The molecule has 0 spiro atoms. The van der Waals surface area contributed by atoms with E-state index in [1.54, 1.807) is 40.4 Å². The first-order valence-electron chi connectivity index (χ1n) is 24.5. The molecule has 5 N–H and O–H groups in total. The number of anilines is 2. The fourth-order valence-electron chi connectivity index (χ4n) is 8.17. The van der Waals surface area contributed by atoms with Crippen molar-refractivity contribution in [2.24, 2.45) is 11.8 Å². The molecule has 10 rings (SSSR count). The van der Waals surface area contributed by atoms with Crippen LogP contribution in [0.4, 0.5) is 11.4 Å². The average molecular weight is 1030 g/mol. The van der Waals surface area contributed by atoms with Gasteiger partial charge in [-0.3, -0.25) is 39.3 Å². The molecule has 0 bridgehead atoms. The Balaban J connectivity index is 0.000000150. The molecule has 0 aliphatic carbocycles. The molecular formula is C51H61N15O7S. The Hall–Kier alpha value is -8.34. The number of imide groups is 1. The Morgan fingerprint density at radius 2 is 1.45 bits per heavy atom. The lowest BCUT2D eigenvalue weighted by Gasteiger charge is -2.17. The molecule has 3 unspecified atom stereocenters. The van der Waals surface area contributed by atoms with E-state index in [9.17, 15) is 22.8 Å². The summed E-state index contributed by atoms with van der Waals surface area (Å²) in [5.74, 6) is 2.78. The molecule has 23 heteroatoms. The van der Waals surface area contributed by atoms with Gasteiger partial charge in [-0.15, -0.1) is 15.3 Å². The van der Waals surface area contributed by atoms with E-state index in [4.69, 9.17) is 9.47 Å². The van der Waals surface area contributed by atoms with Crippen LogP contribution < -0.4 is 19.5 Å². The van der Waals surface area contributed by atoms with Gasteiger partial charge in [0.15, 0.2) is 34.4 Å². The fourth-order valence-corrected chi connectivity index (χ4v) is 8.72. The van der Waals surface area contributed by atoms with Crippen molar-refractivity contribution >= 4 is 56.1 Å². The number of para-hydroxylation sites is 1. The number of carbonyl (C=O) groups excluding carboxylic acids is 3. The topological polar surface area (TPSA) is 269 Å². The van der Waals surface area contributed by atoms with Crippen molar-refractivity contribution in [3.8, 4) is 34.4 Å². The van der Waals surface area contributed by atoms with Gasteiger partial charge in [-0.05, 0) is 75.2 Å². The number of sulfonamides is 1. The number of aromatic nitrogens is 12. The number of carbonyl (C=O) groups is 3. The first-order valence-corrected chi connectivity index (χ1v) is 26.4. The van der Waals surface area contributed by atoms with Crippen molar-refractivity contribution in [3.05, 3.63) is 114 Å². The second-order valence-electron chi connectivity index (χ2n) is 18.3. The van der Waals surface area contributed by atoms with Gasteiger partial charge in [-0.2, -0.15) is 13.9 Å². The lowest BCUT2D eigenvalue weighted by molar-refractivity contribution is -0.139. The average Bonchev–Trinajstić information content (AvgIpc) is 4.25. The van der Waals surface area contributed by atoms with Gasteiger partial charge in [0, 0.05) is 82.8 Å². The number of fused-ring (bicyclic) bond motifs is 3. The zero-order valence-electron chi connectivity index (χ0n) is 42.4. The summed E-state index contributed by atoms with van der Waals surface area (Å²) in [7, 11) is -3.35. The van der Waals surface area contributed by atoms with Crippen LogP contribution in [0.1, 0.15) is 82.9 Å².